The topological polar surface area (TPSA) is 0 Å². The van der Waals surface area contributed by atoms with Crippen molar-refractivity contribution in [2.24, 2.45) is 11.8 Å². The first-order valence-corrected chi connectivity index (χ1v) is 17.8. The number of rotatable bonds is 6. The molecule has 0 spiro atoms. The molecule has 3 heteroatoms. The van der Waals surface area contributed by atoms with E-state index in [0.29, 0.717) is 11.8 Å². The van der Waals surface area contributed by atoms with Crippen molar-refractivity contribution in [3.05, 3.63) is 171 Å². The zero-order chi connectivity index (χ0) is 34.3. The van der Waals surface area contributed by atoms with Gasteiger partial charge in [-0.3, -0.25) is 0 Å². The van der Waals surface area contributed by atoms with E-state index in [-0.39, 0.29) is 50.7 Å². The van der Waals surface area contributed by atoms with Crippen LogP contribution in [-0.4, -0.2) is 0 Å². The second kappa shape index (κ2) is 20.1. The molecule has 8 rings (SSSR count). The smallest absolute Gasteiger partial charge is 0 e. The van der Waals surface area contributed by atoms with Crippen LogP contribution in [0.5, 0.6) is 0 Å². The van der Waals surface area contributed by atoms with Crippen LogP contribution in [0, 0.1) is 25.7 Å². The van der Waals surface area contributed by atoms with Crippen molar-refractivity contribution in [1.29, 1.82) is 0 Å². The van der Waals surface area contributed by atoms with E-state index in [1.54, 1.807) is 0 Å². The predicted molar refractivity (Wildman–Crippen MR) is 217 cm³/mol. The van der Waals surface area contributed by atoms with E-state index < -0.39 is 0 Å². The third-order valence-corrected chi connectivity index (χ3v) is 9.07. The van der Waals surface area contributed by atoms with Gasteiger partial charge < -0.3 is 45.1 Å². The third-order valence-electron chi connectivity index (χ3n) is 9.07. The van der Waals surface area contributed by atoms with Crippen molar-refractivity contribution in [2.75, 3.05) is 0 Å². The van der Waals surface area contributed by atoms with Crippen molar-refractivity contribution in [1.82, 2.24) is 0 Å². The Kier molecular flexibility index (Phi) is 16.6. The molecule has 0 aromatic heterocycles. The van der Waals surface area contributed by atoms with Crippen LogP contribution in [0.1, 0.15) is 45.2 Å². The standard InChI is InChI=1S/2C23H21.C3H6.2ClH.Hf/c2*1-16(2)13-17-14-19-9-6-12-22(23(19)15-17)21-11-5-8-18-7-3-4-10-20(18)21;1-3-2;;;/h2*3-12,14-16H,13H2,1-2H3;1-3H2;2*1H;/q2*-1;-2;;;/p-2. The maximum absolute atomic E-state index is 3.38. The molecule has 0 aliphatic rings. The Morgan fingerprint density at radius 3 is 1.12 bits per heavy atom. The number of benzene rings is 6. The molecule has 0 N–H and O–H groups in total. The summed E-state index contributed by atoms with van der Waals surface area (Å²) in [5, 5.41) is 10.7. The molecule has 0 amide bonds. The van der Waals surface area contributed by atoms with Gasteiger partial charge in [0, 0.05) is 25.8 Å². The molecular weight excluding hydrogens is 838 g/mol. The number of fused-ring (bicyclic) bond motifs is 4. The maximum Gasteiger partial charge on any atom is 0 e. The molecule has 0 heterocycles. The van der Waals surface area contributed by atoms with Crippen LogP contribution in [0.25, 0.3) is 65.3 Å². The molecule has 0 radical (unpaired) electrons. The summed E-state index contributed by atoms with van der Waals surface area (Å²) in [5.41, 5.74) is 8.24. The molecule has 0 bridgehead atoms. The Balaban J connectivity index is 0.000000248. The summed E-state index contributed by atoms with van der Waals surface area (Å²) in [5.74, 6) is 1.38. The molecule has 0 unspecified atom stereocenters. The van der Waals surface area contributed by atoms with Crippen LogP contribution in [0.2, 0.25) is 0 Å². The number of hydrogen-bond donors (Lipinski definition) is 0. The van der Waals surface area contributed by atoms with Gasteiger partial charge in [-0.1, -0.05) is 136 Å². The zero-order valence-corrected chi connectivity index (χ0v) is 35.9. The van der Waals surface area contributed by atoms with Gasteiger partial charge in [0.05, 0.1) is 0 Å². The van der Waals surface area contributed by atoms with Crippen LogP contribution in [0.3, 0.4) is 0 Å². The van der Waals surface area contributed by atoms with Gasteiger partial charge >= 0.3 is 0 Å². The van der Waals surface area contributed by atoms with Gasteiger partial charge in [0.25, 0.3) is 0 Å². The predicted octanol–water partition coefficient (Wildman–Crippen LogP) is 8.20. The summed E-state index contributed by atoms with van der Waals surface area (Å²) in [6.07, 6.45) is 3.04. The normalized spacial score (nSPS) is 10.6. The summed E-state index contributed by atoms with van der Waals surface area (Å²) in [6, 6.07) is 53.3. The van der Waals surface area contributed by atoms with Crippen LogP contribution < -0.4 is 24.8 Å². The molecule has 0 saturated heterocycles. The first kappa shape index (κ1) is 42.9. The largest absolute Gasteiger partial charge is 1.00 e. The molecule has 8 aromatic rings. The van der Waals surface area contributed by atoms with E-state index in [0.717, 1.165) is 19.3 Å². The first-order valence-electron chi connectivity index (χ1n) is 17.8. The van der Waals surface area contributed by atoms with Gasteiger partial charge in [0.15, 0.2) is 0 Å². The SMILES string of the molecule is CC(C)Cc1cc2c(-c3cccc4ccccc34)cccc2[cH-]1.CC(C)Cc1cc2c(-c3cccc4ccccc34)cccc2[cH-]1.[CH2-]C[CH2-].[Cl-].[Cl-].[Hf]. The second-order valence-electron chi connectivity index (χ2n) is 13.9. The van der Waals surface area contributed by atoms with E-state index in [1.165, 1.54) is 76.5 Å². The average Bonchev–Trinajstić information content (AvgIpc) is 3.71. The Bertz CT molecular complexity index is 2130. The minimum atomic E-state index is 0. The molecule has 8 aromatic carbocycles. The summed E-state index contributed by atoms with van der Waals surface area (Å²) < 4.78 is 0. The third kappa shape index (κ3) is 9.93. The van der Waals surface area contributed by atoms with Gasteiger partial charge in [-0.15, -0.1) is 69.1 Å². The Morgan fingerprint density at radius 2 is 0.750 bits per heavy atom. The quantitative estimate of drug-likeness (QED) is 0.117. The summed E-state index contributed by atoms with van der Waals surface area (Å²) in [4.78, 5) is 0. The van der Waals surface area contributed by atoms with Gasteiger partial charge in [0.2, 0.25) is 0 Å². The van der Waals surface area contributed by atoms with E-state index in [4.69, 9.17) is 0 Å². The van der Waals surface area contributed by atoms with Gasteiger partial charge in [-0.05, 0) is 57.3 Å². The minimum absolute atomic E-state index is 0. The van der Waals surface area contributed by atoms with Crippen molar-refractivity contribution < 1.29 is 50.7 Å². The van der Waals surface area contributed by atoms with Gasteiger partial charge in [0.1, 0.15) is 0 Å². The minimum Gasteiger partial charge on any atom is -1.00 e. The molecule has 0 atom stereocenters. The van der Waals surface area contributed by atoms with Crippen molar-refractivity contribution >= 4 is 43.1 Å². The molecule has 0 aliphatic carbocycles. The summed E-state index contributed by atoms with van der Waals surface area (Å²) in [6.45, 7) is 15.9. The fourth-order valence-electron chi connectivity index (χ4n) is 7.16. The monoisotopic (exact) mass is 886 g/mol. The first-order chi connectivity index (χ1) is 23.9. The van der Waals surface area contributed by atoms with E-state index in [1.807, 2.05) is 0 Å². The Morgan fingerprint density at radius 1 is 0.442 bits per heavy atom. The van der Waals surface area contributed by atoms with Crippen molar-refractivity contribution in [3.63, 3.8) is 0 Å². The molecule has 0 saturated carbocycles. The average molecular weight is 886 g/mol. The van der Waals surface area contributed by atoms with Gasteiger partial charge in [-0.2, -0.15) is 12.1 Å². The molecule has 0 nitrogen and oxygen atoms in total. The molecule has 0 fully saturated rings. The van der Waals surface area contributed by atoms with Gasteiger partial charge in [-0.25, -0.2) is 0 Å². The van der Waals surface area contributed by atoms with Crippen LogP contribution in [-0.2, 0) is 38.7 Å². The van der Waals surface area contributed by atoms with Crippen molar-refractivity contribution in [2.45, 2.75) is 47.0 Å². The van der Waals surface area contributed by atoms with Crippen molar-refractivity contribution in [3.8, 4) is 22.3 Å². The van der Waals surface area contributed by atoms with E-state index >= 15 is 0 Å². The summed E-state index contributed by atoms with van der Waals surface area (Å²) >= 11 is 0. The number of hydrogen-bond acceptors (Lipinski definition) is 0. The fraction of sp³-hybridized carbons (Fsp3) is 0.184. The van der Waals surface area contributed by atoms with E-state index in [2.05, 4.69) is 187 Å². The molecular formula is C49H48Cl2Hf-6. The Labute approximate surface area is 343 Å². The second-order valence-corrected chi connectivity index (χ2v) is 13.9. The van der Waals surface area contributed by atoms with E-state index in [9.17, 15) is 0 Å². The number of halogens is 2. The zero-order valence-electron chi connectivity index (χ0n) is 30.8. The summed E-state index contributed by atoms with van der Waals surface area (Å²) in [7, 11) is 0. The maximum atomic E-state index is 3.38. The molecule has 52 heavy (non-hydrogen) atoms. The molecule has 0 aliphatic heterocycles. The van der Waals surface area contributed by atoms with Crippen LogP contribution >= 0.6 is 0 Å². The van der Waals surface area contributed by atoms with Crippen LogP contribution in [0.15, 0.2) is 146 Å². The fourth-order valence-corrected chi connectivity index (χ4v) is 7.16. The Hall–Kier alpha value is -3.49. The molecule has 268 valence electrons. The van der Waals surface area contributed by atoms with Crippen LogP contribution in [0.4, 0.5) is 0 Å².